The fourth-order valence-electron chi connectivity index (χ4n) is 3.16. The average molecular weight is 385 g/mol. The molecule has 1 saturated heterocycles. The Morgan fingerprint density at radius 2 is 1.93 bits per heavy atom. The van der Waals surface area contributed by atoms with Crippen molar-refractivity contribution in [1.82, 2.24) is 14.8 Å². The maximum absolute atomic E-state index is 13.1. The molecule has 0 saturated carbocycles. The molecule has 6 heteroatoms. The van der Waals surface area contributed by atoms with E-state index in [0.717, 1.165) is 49.1 Å². The van der Waals surface area contributed by atoms with Gasteiger partial charge in [0, 0.05) is 50.4 Å². The van der Waals surface area contributed by atoms with E-state index in [1.54, 1.807) is 18.0 Å². The van der Waals surface area contributed by atoms with Gasteiger partial charge in [-0.25, -0.2) is 4.98 Å². The van der Waals surface area contributed by atoms with Crippen molar-refractivity contribution in [2.24, 2.45) is 0 Å². The molecule has 27 heavy (non-hydrogen) atoms. The molecule has 1 fully saturated rings. The topological polar surface area (TPSA) is 39.7 Å². The molecule has 1 aromatic carbocycles. The first-order chi connectivity index (χ1) is 13.0. The quantitative estimate of drug-likeness (QED) is 0.716. The normalized spacial score (nSPS) is 14.7. The Kier molecular flexibility index (Phi) is 6.74. The summed E-state index contributed by atoms with van der Waals surface area (Å²) in [5, 5.41) is 0.838. The number of rotatable bonds is 6. The largest absolute Gasteiger partial charge is 0.368 e. The molecule has 0 spiro atoms. The molecule has 1 amide bonds. The van der Waals surface area contributed by atoms with Crippen LogP contribution < -0.4 is 4.90 Å². The summed E-state index contributed by atoms with van der Waals surface area (Å²) >= 11 is 1.66. The first-order valence-electron chi connectivity index (χ1n) is 9.38. The van der Waals surface area contributed by atoms with E-state index in [0.29, 0.717) is 0 Å². The van der Waals surface area contributed by atoms with Crippen LogP contribution in [-0.2, 0) is 0 Å². The molecule has 0 radical (unpaired) electrons. The number of piperazine rings is 1. The number of pyridine rings is 1. The summed E-state index contributed by atoms with van der Waals surface area (Å²) in [6.45, 7) is 6.27. The molecular formula is C21H28N4OS. The third kappa shape index (κ3) is 5.23. The number of thioether (sulfide) groups is 1. The summed E-state index contributed by atoms with van der Waals surface area (Å²) in [5.74, 6) is 1.02. The molecule has 3 rings (SSSR count). The molecule has 5 nitrogen and oxygen atoms in total. The van der Waals surface area contributed by atoms with Crippen LogP contribution in [0, 0.1) is 6.92 Å². The molecule has 2 heterocycles. The van der Waals surface area contributed by atoms with Crippen molar-refractivity contribution >= 4 is 23.4 Å². The second-order valence-corrected chi connectivity index (χ2v) is 8.21. The highest BCUT2D eigenvalue weighted by molar-refractivity contribution is 7.99. The molecule has 1 aliphatic rings. The number of carbonyl (C=O) groups is 1. The van der Waals surface area contributed by atoms with Crippen LogP contribution >= 0.6 is 11.8 Å². The Hall–Kier alpha value is -2.05. The number of aryl methyl sites for hydroxylation is 1. The van der Waals surface area contributed by atoms with E-state index in [9.17, 15) is 4.79 Å². The van der Waals surface area contributed by atoms with Gasteiger partial charge in [-0.1, -0.05) is 12.1 Å². The van der Waals surface area contributed by atoms with Gasteiger partial charge in [0.2, 0.25) is 0 Å². The second kappa shape index (κ2) is 9.24. The minimum atomic E-state index is 0.0966. The van der Waals surface area contributed by atoms with Crippen molar-refractivity contribution in [2.45, 2.75) is 11.9 Å². The SMILES string of the molecule is Cc1cccc(N2CCN(C(=O)c3cccnc3SCCN(C)C)CC2)c1. The molecule has 1 aliphatic heterocycles. The number of aromatic nitrogens is 1. The van der Waals surface area contributed by atoms with Crippen molar-refractivity contribution in [3.63, 3.8) is 0 Å². The Labute approximate surface area is 166 Å². The zero-order valence-electron chi connectivity index (χ0n) is 16.4. The Bertz CT molecular complexity index is 772. The smallest absolute Gasteiger partial charge is 0.256 e. The Balaban J connectivity index is 1.62. The monoisotopic (exact) mass is 384 g/mol. The van der Waals surface area contributed by atoms with Crippen LogP contribution in [0.1, 0.15) is 15.9 Å². The molecule has 0 N–H and O–H groups in total. The van der Waals surface area contributed by atoms with E-state index >= 15 is 0 Å². The lowest BCUT2D eigenvalue weighted by molar-refractivity contribution is 0.0742. The van der Waals surface area contributed by atoms with Gasteiger partial charge >= 0.3 is 0 Å². The van der Waals surface area contributed by atoms with E-state index in [1.807, 2.05) is 17.0 Å². The van der Waals surface area contributed by atoms with Crippen molar-refractivity contribution in [3.8, 4) is 0 Å². The summed E-state index contributed by atoms with van der Waals surface area (Å²) in [6.07, 6.45) is 1.77. The fraction of sp³-hybridized carbons (Fsp3) is 0.429. The van der Waals surface area contributed by atoms with Crippen molar-refractivity contribution in [3.05, 3.63) is 53.7 Å². The second-order valence-electron chi connectivity index (χ2n) is 7.13. The average Bonchev–Trinajstić information content (AvgIpc) is 2.68. The zero-order valence-corrected chi connectivity index (χ0v) is 17.2. The number of hydrogen-bond donors (Lipinski definition) is 0. The van der Waals surface area contributed by atoms with Gasteiger partial charge in [-0.05, 0) is 50.8 Å². The van der Waals surface area contributed by atoms with Crippen molar-refractivity contribution in [2.75, 3.05) is 57.5 Å². The van der Waals surface area contributed by atoms with Gasteiger partial charge < -0.3 is 14.7 Å². The fourth-order valence-corrected chi connectivity index (χ4v) is 4.25. The standard InChI is InChI=1S/C21H28N4OS/c1-17-6-4-7-18(16-17)24-10-12-25(13-11-24)21(26)19-8-5-9-22-20(19)27-15-14-23(2)3/h4-9,16H,10-15H2,1-3H3. The minimum absolute atomic E-state index is 0.0966. The zero-order chi connectivity index (χ0) is 19.2. The summed E-state index contributed by atoms with van der Waals surface area (Å²) < 4.78 is 0. The minimum Gasteiger partial charge on any atom is -0.368 e. The van der Waals surface area contributed by atoms with Gasteiger partial charge in [-0.2, -0.15) is 0 Å². The van der Waals surface area contributed by atoms with E-state index in [-0.39, 0.29) is 5.91 Å². The van der Waals surface area contributed by atoms with E-state index in [1.165, 1.54) is 11.3 Å². The highest BCUT2D eigenvalue weighted by Gasteiger charge is 2.24. The molecule has 1 aromatic heterocycles. The maximum Gasteiger partial charge on any atom is 0.256 e. The van der Waals surface area contributed by atoms with Crippen LogP contribution in [-0.4, -0.2) is 73.3 Å². The van der Waals surface area contributed by atoms with Crippen LogP contribution in [0.3, 0.4) is 0 Å². The lowest BCUT2D eigenvalue weighted by Gasteiger charge is -2.36. The number of benzene rings is 1. The Morgan fingerprint density at radius 3 is 2.63 bits per heavy atom. The van der Waals surface area contributed by atoms with Crippen LogP contribution in [0.4, 0.5) is 5.69 Å². The third-order valence-electron chi connectivity index (χ3n) is 4.71. The maximum atomic E-state index is 13.1. The van der Waals surface area contributed by atoms with Gasteiger partial charge in [-0.3, -0.25) is 4.79 Å². The van der Waals surface area contributed by atoms with Crippen LogP contribution in [0.5, 0.6) is 0 Å². The van der Waals surface area contributed by atoms with Gasteiger partial charge in [0.15, 0.2) is 0 Å². The third-order valence-corrected chi connectivity index (χ3v) is 5.70. The molecule has 0 unspecified atom stereocenters. The van der Waals surface area contributed by atoms with E-state index in [2.05, 4.69) is 60.1 Å². The summed E-state index contributed by atoms with van der Waals surface area (Å²) in [6, 6.07) is 12.3. The molecular weight excluding hydrogens is 356 g/mol. The highest BCUT2D eigenvalue weighted by Crippen LogP contribution is 2.23. The lowest BCUT2D eigenvalue weighted by Crippen LogP contribution is -2.49. The van der Waals surface area contributed by atoms with Gasteiger partial charge in [0.25, 0.3) is 5.91 Å². The molecule has 144 valence electrons. The van der Waals surface area contributed by atoms with Gasteiger partial charge in [-0.15, -0.1) is 11.8 Å². The highest BCUT2D eigenvalue weighted by atomic mass is 32.2. The number of nitrogens with zero attached hydrogens (tertiary/aromatic N) is 4. The summed E-state index contributed by atoms with van der Waals surface area (Å²) in [5.41, 5.74) is 3.23. The number of hydrogen-bond acceptors (Lipinski definition) is 5. The predicted octanol–water partition coefficient (Wildman–Crippen LogP) is 3.01. The number of amides is 1. The molecule has 0 aliphatic carbocycles. The van der Waals surface area contributed by atoms with Crippen LogP contribution in [0.25, 0.3) is 0 Å². The Morgan fingerprint density at radius 1 is 1.15 bits per heavy atom. The number of anilines is 1. The van der Waals surface area contributed by atoms with E-state index in [4.69, 9.17) is 0 Å². The van der Waals surface area contributed by atoms with Crippen molar-refractivity contribution < 1.29 is 4.79 Å². The molecule has 0 bridgehead atoms. The first kappa shape index (κ1) is 19.7. The lowest BCUT2D eigenvalue weighted by atomic mass is 10.1. The predicted molar refractivity (Wildman–Crippen MR) is 113 cm³/mol. The van der Waals surface area contributed by atoms with Crippen LogP contribution in [0.15, 0.2) is 47.6 Å². The molecule has 0 atom stereocenters. The van der Waals surface area contributed by atoms with Crippen molar-refractivity contribution in [1.29, 1.82) is 0 Å². The van der Waals surface area contributed by atoms with Gasteiger partial charge in [0.1, 0.15) is 5.03 Å². The first-order valence-corrected chi connectivity index (χ1v) is 10.4. The van der Waals surface area contributed by atoms with Gasteiger partial charge in [0.05, 0.1) is 5.56 Å². The number of carbonyl (C=O) groups excluding carboxylic acids is 1. The summed E-state index contributed by atoms with van der Waals surface area (Å²) in [4.78, 5) is 24.0. The summed E-state index contributed by atoms with van der Waals surface area (Å²) in [7, 11) is 4.11. The van der Waals surface area contributed by atoms with Crippen LogP contribution in [0.2, 0.25) is 0 Å². The van der Waals surface area contributed by atoms with E-state index < -0.39 is 0 Å². The molecule has 2 aromatic rings.